The number of rotatable bonds is 9. The smallest absolute Gasteiger partial charge is 0.335 e. The van der Waals surface area contributed by atoms with Crippen LogP contribution in [0, 0.1) is 6.92 Å². The number of carboxylic acids is 1. The maximum Gasteiger partial charge on any atom is 0.335 e. The van der Waals surface area contributed by atoms with Gasteiger partial charge >= 0.3 is 5.97 Å². The summed E-state index contributed by atoms with van der Waals surface area (Å²) in [4.78, 5) is 23.8. The van der Waals surface area contributed by atoms with E-state index >= 15 is 0 Å². The Hall–Kier alpha value is -5.43. The fraction of sp³-hybridized carbons (Fsp3) is 0.0606. The average molecular weight is 530 g/mol. The van der Waals surface area contributed by atoms with Crippen LogP contribution in [-0.2, 0) is 6.61 Å². The normalized spacial score (nSPS) is 10.9. The number of amides is 1. The van der Waals surface area contributed by atoms with Crippen molar-refractivity contribution in [2.75, 3.05) is 0 Å². The van der Waals surface area contributed by atoms with Crippen LogP contribution in [0.25, 0.3) is 16.9 Å². The summed E-state index contributed by atoms with van der Waals surface area (Å²) in [5, 5.41) is 13.2. The van der Waals surface area contributed by atoms with Crippen LogP contribution in [0.5, 0.6) is 5.75 Å². The van der Waals surface area contributed by atoms with Crippen LogP contribution in [0.15, 0.2) is 120 Å². The Morgan fingerprint density at radius 3 is 2.33 bits per heavy atom. The van der Waals surface area contributed by atoms with Gasteiger partial charge in [-0.05, 0) is 96.4 Å². The summed E-state index contributed by atoms with van der Waals surface area (Å²) in [6.45, 7) is 2.31. The summed E-state index contributed by atoms with van der Waals surface area (Å²) in [5.74, 6) is -0.645. The number of nitrogens with zero attached hydrogens (tertiary/aromatic N) is 2. The van der Waals surface area contributed by atoms with E-state index in [9.17, 15) is 9.59 Å². The molecule has 0 unspecified atom stereocenters. The van der Waals surface area contributed by atoms with Crippen molar-refractivity contribution in [1.82, 2.24) is 9.99 Å². The van der Waals surface area contributed by atoms with Crippen LogP contribution >= 0.6 is 0 Å². The summed E-state index contributed by atoms with van der Waals surface area (Å²) in [6, 6.07) is 35.6. The minimum absolute atomic E-state index is 0.221. The van der Waals surface area contributed by atoms with E-state index in [1.807, 2.05) is 48.5 Å². The maximum atomic E-state index is 12.6. The number of carbonyl (C=O) groups excluding carboxylic acids is 1. The lowest BCUT2D eigenvalue weighted by Crippen LogP contribution is -2.17. The second kappa shape index (κ2) is 12.0. The Labute approximate surface area is 232 Å². The van der Waals surface area contributed by atoms with Crippen molar-refractivity contribution in [3.8, 4) is 22.7 Å². The number of hydrazone groups is 1. The van der Waals surface area contributed by atoms with E-state index < -0.39 is 5.97 Å². The maximum absolute atomic E-state index is 12.6. The number of nitrogens with one attached hydrogen (secondary N) is 1. The number of benzene rings is 4. The van der Waals surface area contributed by atoms with Gasteiger partial charge in [-0.3, -0.25) is 4.79 Å². The van der Waals surface area contributed by atoms with E-state index in [1.165, 1.54) is 0 Å². The van der Waals surface area contributed by atoms with Crippen LogP contribution in [0.1, 0.15) is 37.5 Å². The number of hydrogen-bond acceptors (Lipinski definition) is 4. The summed E-state index contributed by atoms with van der Waals surface area (Å²) in [5.41, 5.74) is 9.12. The first kappa shape index (κ1) is 26.2. The van der Waals surface area contributed by atoms with Crippen molar-refractivity contribution >= 4 is 18.1 Å². The van der Waals surface area contributed by atoms with Crippen LogP contribution in [0.3, 0.4) is 0 Å². The Bertz CT molecular complexity index is 1650. The summed E-state index contributed by atoms with van der Waals surface area (Å²) >= 11 is 0. The molecule has 0 saturated heterocycles. The van der Waals surface area contributed by atoms with E-state index in [0.29, 0.717) is 11.3 Å². The number of aryl methyl sites for hydroxylation is 1. The highest BCUT2D eigenvalue weighted by Crippen LogP contribution is 2.26. The van der Waals surface area contributed by atoms with Crippen LogP contribution in [0.2, 0.25) is 0 Å². The monoisotopic (exact) mass is 529 g/mol. The van der Waals surface area contributed by atoms with Crippen molar-refractivity contribution in [2.45, 2.75) is 13.5 Å². The second-order valence-electron chi connectivity index (χ2n) is 9.17. The van der Waals surface area contributed by atoms with Gasteiger partial charge in [-0.1, -0.05) is 42.5 Å². The first-order valence-corrected chi connectivity index (χ1v) is 12.7. The molecule has 7 heteroatoms. The molecule has 0 aliphatic carbocycles. The summed E-state index contributed by atoms with van der Waals surface area (Å²) in [6.07, 6.45) is 1.56. The SMILES string of the molecule is Cc1ccc(-c2ccccc2)n1-c1ccc(C(=O)N/N=C/c2ccc(OCc3cccc(C(=O)O)c3)cc2)cc1. The number of aromatic carboxylic acids is 1. The molecule has 198 valence electrons. The highest BCUT2D eigenvalue weighted by atomic mass is 16.5. The molecule has 0 aliphatic rings. The lowest BCUT2D eigenvalue weighted by Gasteiger charge is -2.12. The van der Waals surface area contributed by atoms with Crippen LogP contribution < -0.4 is 10.2 Å². The zero-order valence-corrected chi connectivity index (χ0v) is 21.8. The van der Waals surface area contributed by atoms with Crippen molar-refractivity contribution in [3.63, 3.8) is 0 Å². The van der Waals surface area contributed by atoms with E-state index in [2.05, 4.69) is 46.3 Å². The fourth-order valence-electron chi connectivity index (χ4n) is 4.32. The molecular formula is C33H27N3O4. The standard InChI is InChI=1S/C33H27N3O4/c1-23-10-19-31(26-7-3-2-4-8-26)36(23)29-15-13-27(14-16-29)32(37)35-34-21-24-11-17-30(18-12-24)40-22-25-6-5-9-28(20-25)33(38)39/h2-21H,22H2,1H3,(H,35,37)(H,38,39)/b34-21+. The molecule has 1 heterocycles. The lowest BCUT2D eigenvalue weighted by atomic mass is 10.1. The van der Waals surface area contributed by atoms with Crippen molar-refractivity contribution in [3.05, 3.63) is 143 Å². The van der Waals surface area contributed by atoms with Gasteiger partial charge in [0.15, 0.2) is 0 Å². The topological polar surface area (TPSA) is 92.9 Å². The molecule has 1 amide bonds. The molecule has 0 spiro atoms. The number of hydrogen-bond donors (Lipinski definition) is 2. The molecule has 5 rings (SSSR count). The highest BCUT2D eigenvalue weighted by molar-refractivity contribution is 5.95. The Morgan fingerprint density at radius 1 is 0.850 bits per heavy atom. The average Bonchev–Trinajstić information content (AvgIpc) is 3.38. The van der Waals surface area contributed by atoms with Crippen molar-refractivity contribution in [2.24, 2.45) is 5.10 Å². The van der Waals surface area contributed by atoms with Gasteiger partial charge in [0.05, 0.1) is 17.5 Å². The van der Waals surface area contributed by atoms with Crippen LogP contribution in [-0.4, -0.2) is 27.8 Å². The zero-order chi connectivity index (χ0) is 27.9. The Morgan fingerprint density at radius 2 is 1.60 bits per heavy atom. The molecule has 0 aliphatic heterocycles. The molecule has 1 aromatic heterocycles. The highest BCUT2D eigenvalue weighted by Gasteiger charge is 2.11. The predicted molar refractivity (Wildman–Crippen MR) is 155 cm³/mol. The third-order valence-corrected chi connectivity index (χ3v) is 6.37. The minimum atomic E-state index is -0.973. The molecule has 2 N–H and O–H groups in total. The number of carbonyl (C=O) groups is 2. The van der Waals surface area contributed by atoms with Gasteiger partial charge < -0.3 is 14.4 Å². The van der Waals surface area contributed by atoms with Crippen LogP contribution in [0.4, 0.5) is 0 Å². The largest absolute Gasteiger partial charge is 0.489 e. The van der Waals surface area contributed by atoms with Crippen molar-refractivity contribution in [1.29, 1.82) is 0 Å². The molecule has 0 saturated carbocycles. The van der Waals surface area contributed by atoms with Gasteiger partial charge in [0.2, 0.25) is 0 Å². The number of ether oxygens (including phenoxy) is 1. The van der Waals surface area contributed by atoms with Gasteiger partial charge in [-0.2, -0.15) is 5.10 Å². The predicted octanol–water partition coefficient (Wildman–Crippen LogP) is 6.49. The molecule has 40 heavy (non-hydrogen) atoms. The second-order valence-corrected chi connectivity index (χ2v) is 9.17. The molecule has 0 bridgehead atoms. The third kappa shape index (κ3) is 6.16. The summed E-state index contributed by atoms with van der Waals surface area (Å²) in [7, 11) is 0. The van der Waals surface area contributed by atoms with Crippen molar-refractivity contribution < 1.29 is 19.4 Å². The van der Waals surface area contributed by atoms with Gasteiger partial charge in [-0.25, -0.2) is 10.2 Å². The first-order valence-electron chi connectivity index (χ1n) is 12.7. The molecule has 5 aromatic rings. The molecule has 4 aromatic carbocycles. The molecule has 0 fully saturated rings. The number of carboxylic acid groups (broad SMARTS) is 1. The summed E-state index contributed by atoms with van der Waals surface area (Å²) < 4.78 is 7.91. The minimum Gasteiger partial charge on any atom is -0.489 e. The first-order chi connectivity index (χ1) is 19.5. The molecule has 0 atom stereocenters. The van der Waals surface area contributed by atoms with Gasteiger partial charge in [0, 0.05) is 16.9 Å². The van der Waals surface area contributed by atoms with E-state index in [-0.39, 0.29) is 18.1 Å². The van der Waals surface area contributed by atoms with Gasteiger partial charge in [-0.15, -0.1) is 0 Å². The van der Waals surface area contributed by atoms with Gasteiger partial charge in [0.1, 0.15) is 12.4 Å². The van der Waals surface area contributed by atoms with E-state index in [1.54, 1.807) is 48.7 Å². The Kier molecular flexibility index (Phi) is 7.83. The fourth-order valence-corrected chi connectivity index (χ4v) is 4.32. The van der Waals surface area contributed by atoms with E-state index in [0.717, 1.165) is 33.8 Å². The van der Waals surface area contributed by atoms with E-state index in [4.69, 9.17) is 9.84 Å². The molecule has 7 nitrogen and oxygen atoms in total. The molecular weight excluding hydrogens is 502 g/mol. The zero-order valence-electron chi connectivity index (χ0n) is 21.8. The van der Waals surface area contributed by atoms with Gasteiger partial charge in [0.25, 0.3) is 5.91 Å². The third-order valence-electron chi connectivity index (χ3n) is 6.37. The number of aromatic nitrogens is 1. The Balaban J connectivity index is 1.17. The lowest BCUT2D eigenvalue weighted by molar-refractivity contribution is 0.0696. The quantitative estimate of drug-likeness (QED) is 0.169. The molecule has 0 radical (unpaired) electrons.